The van der Waals surface area contributed by atoms with Crippen molar-refractivity contribution in [3.63, 3.8) is 0 Å². The topological polar surface area (TPSA) is 0 Å². The molecule has 0 N–H and O–H groups in total. The predicted octanol–water partition coefficient (Wildman–Crippen LogP) is 11.3. The largest absolute Gasteiger partial charge is 0.126 e. The molecule has 0 saturated heterocycles. The zero-order valence-corrected chi connectivity index (χ0v) is 27.0. The molecule has 0 heterocycles. The maximum Gasteiger partial charge on any atom is -0.0771 e. The summed E-state index contributed by atoms with van der Waals surface area (Å²) in [7, 11) is 11.0. The molecular weight excluding hydrogens is 610 g/mol. The first-order valence-electron chi connectivity index (χ1n) is 12.1. The van der Waals surface area contributed by atoms with E-state index in [-0.39, 0.29) is 0 Å². The Bertz CT molecular complexity index is 1460. The summed E-state index contributed by atoms with van der Waals surface area (Å²) in [4.78, 5) is 0. The van der Waals surface area contributed by atoms with Gasteiger partial charge in [-0.3, -0.25) is 0 Å². The van der Waals surface area contributed by atoms with Crippen molar-refractivity contribution in [2.24, 2.45) is 0 Å². The van der Waals surface area contributed by atoms with E-state index < -0.39 is 20.8 Å². The van der Waals surface area contributed by atoms with Crippen molar-refractivity contribution in [2.45, 2.75) is 26.4 Å². The van der Waals surface area contributed by atoms with Gasteiger partial charge in [0.15, 0.2) is 0 Å². The van der Waals surface area contributed by atoms with Gasteiger partial charge in [-0.15, -0.1) is 74.3 Å². The number of halogens is 3. The van der Waals surface area contributed by atoms with Crippen molar-refractivity contribution < 1.29 is 20.8 Å². The molecule has 0 nitrogen and oxygen atoms in total. The molecule has 6 rings (SSSR count). The van der Waals surface area contributed by atoms with Crippen molar-refractivity contribution in [3.05, 3.63) is 120 Å². The Morgan fingerprint density at radius 1 is 0.676 bits per heavy atom. The molecular formula is C32H29Cl3SiZr. The van der Waals surface area contributed by atoms with Crippen LogP contribution < -0.4 is 0 Å². The molecule has 37 heavy (non-hydrogen) atoms. The first-order valence-corrected chi connectivity index (χ1v) is 20.8. The Hall–Kier alpha value is -1.67. The monoisotopic (exact) mass is 636 g/mol. The predicted molar refractivity (Wildman–Crippen MR) is 166 cm³/mol. The second-order valence-electron chi connectivity index (χ2n) is 8.42. The number of hydrogen-bond donors (Lipinski definition) is 0. The van der Waals surface area contributed by atoms with E-state index in [1.165, 1.54) is 49.0 Å². The van der Waals surface area contributed by atoms with Gasteiger partial charge in [0.25, 0.3) is 0 Å². The van der Waals surface area contributed by atoms with E-state index in [1.54, 1.807) is 0 Å². The smallest absolute Gasteiger partial charge is 0.0771 e. The average molecular weight is 639 g/mol. The van der Waals surface area contributed by atoms with Crippen LogP contribution in [-0.4, -0.2) is 9.52 Å². The minimum Gasteiger partial charge on any atom is -0.126 e. The zero-order valence-electron chi connectivity index (χ0n) is 21.2. The first kappa shape index (κ1) is 29.9. The van der Waals surface area contributed by atoms with E-state index in [0.29, 0.717) is 0 Å². The van der Waals surface area contributed by atoms with Crippen LogP contribution in [0.15, 0.2) is 109 Å². The van der Waals surface area contributed by atoms with Crippen molar-refractivity contribution in [2.75, 3.05) is 0 Å². The molecule has 6 aromatic rings. The van der Waals surface area contributed by atoms with Crippen LogP contribution in [0, 0.1) is 0 Å². The van der Waals surface area contributed by atoms with E-state index in [0.717, 1.165) is 21.0 Å². The van der Waals surface area contributed by atoms with Crippen molar-refractivity contribution >= 4 is 70.5 Å². The van der Waals surface area contributed by atoms with Crippen molar-refractivity contribution in [1.29, 1.82) is 0 Å². The van der Waals surface area contributed by atoms with Gasteiger partial charge in [-0.05, 0) is 24.1 Å². The van der Waals surface area contributed by atoms with E-state index in [2.05, 4.69) is 117 Å². The molecule has 0 aliphatic rings. The molecule has 0 spiro atoms. The Morgan fingerprint density at radius 3 is 1.70 bits per heavy atom. The van der Waals surface area contributed by atoms with Crippen LogP contribution >= 0.6 is 28.6 Å². The van der Waals surface area contributed by atoms with Gasteiger partial charge in [-0.25, -0.2) is 0 Å². The van der Waals surface area contributed by atoms with E-state index >= 15 is 0 Å². The Morgan fingerprint density at radius 2 is 1.16 bits per heavy atom. The third-order valence-electron chi connectivity index (χ3n) is 5.90. The molecule has 186 valence electrons. The number of benzene rings is 4. The number of rotatable bonds is 2. The van der Waals surface area contributed by atoms with Gasteiger partial charge in [0, 0.05) is 14.5 Å². The number of hydrogen-bond acceptors (Lipinski definition) is 0. The summed E-state index contributed by atoms with van der Waals surface area (Å²) < 4.78 is 0. The van der Waals surface area contributed by atoms with Crippen LogP contribution in [0.25, 0.3) is 43.4 Å². The van der Waals surface area contributed by atoms with E-state index in [4.69, 9.17) is 28.6 Å². The standard InChI is InChI=1S/C17H14Cl.C13H9.C2H6Si.2ClH.Zr/c1-2-12-10-14-4-3-5-16(17(14)11-12)13-6-8-15(18)9-7-13;1-3-7-12-10(5-1)9-11-6-2-4-8-13(11)12;1-3-2;;;/h3-11H,2H2,1H3;1-9H;1-2H3;2*1H;/q2*-1;;;;+4/p-2. The third-order valence-corrected chi connectivity index (χ3v) is 6.15. The molecule has 0 fully saturated rings. The summed E-state index contributed by atoms with van der Waals surface area (Å²) in [6, 6.07) is 38.3. The Labute approximate surface area is 246 Å². The summed E-state index contributed by atoms with van der Waals surface area (Å²) in [5.41, 5.74) is 3.90. The molecule has 0 saturated carbocycles. The van der Waals surface area contributed by atoms with Gasteiger partial charge in [-0.2, -0.15) is 6.07 Å². The van der Waals surface area contributed by atoms with Gasteiger partial charge in [0.2, 0.25) is 0 Å². The molecule has 0 amide bonds. The molecule has 6 aromatic carbocycles. The first-order chi connectivity index (χ1) is 18.1. The summed E-state index contributed by atoms with van der Waals surface area (Å²) in [6.07, 6.45) is 1.08. The second kappa shape index (κ2) is 15.7. The molecule has 0 bridgehead atoms. The Balaban J connectivity index is 0.000000175. The van der Waals surface area contributed by atoms with Crippen LogP contribution in [-0.2, 0) is 27.3 Å². The SMILES string of the molecule is CCc1cc2c(-c3ccc(Cl)cc3)cccc2[cH-]1.C[Si]C.[Cl][Zr+2][Cl].c1ccc2c(c1)[cH-]c1ccccc12. The summed E-state index contributed by atoms with van der Waals surface area (Å²) in [6.45, 7) is 6.50. The summed E-state index contributed by atoms with van der Waals surface area (Å²) in [5.74, 6) is 0. The van der Waals surface area contributed by atoms with Gasteiger partial charge in [0.1, 0.15) is 0 Å². The number of fused-ring (bicyclic) bond motifs is 4. The maximum absolute atomic E-state index is 5.94. The average Bonchev–Trinajstić information content (AvgIpc) is 3.52. The van der Waals surface area contributed by atoms with Gasteiger partial charge >= 0.3 is 37.9 Å². The molecule has 0 aliphatic heterocycles. The summed E-state index contributed by atoms with van der Waals surface area (Å²) in [5, 5.41) is 8.82. The second-order valence-corrected chi connectivity index (χ2v) is 13.6. The van der Waals surface area contributed by atoms with Crippen LogP contribution in [0.2, 0.25) is 18.1 Å². The fourth-order valence-electron chi connectivity index (χ4n) is 4.29. The minimum absolute atomic E-state index is 0.780. The normalized spacial score (nSPS) is 10.0. The van der Waals surface area contributed by atoms with Crippen LogP contribution in [0.4, 0.5) is 0 Å². The van der Waals surface area contributed by atoms with Crippen LogP contribution in [0.1, 0.15) is 12.5 Å². The van der Waals surface area contributed by atoms with Gasteiger partial charge < -0.3 is 0 Å². The van der Waals surface area contributed by atoms with Crippen molar-refractivity contribution in [1.82, 2.24) is 0 Å². The van der Waals surface area contributed by atoms with E-state index in [9.17, 15) is 0 Å². The molecule has 2 radical (unpaired) electrons. The molecule has 0 atom stereocenters. The zero-order chi connectivity index (χ0) is 26.6. The van der Waals surface area contributed by atoms with E-state index in [1.807, 2.05) is 12.1 Å². The van der Waals surface area contributed by atoms with Crippen LogP contribution in [0.3, 0.4) is 0 Å². The Kier molecular flexibility index (Phi) is 12.7. The summed E-state index contributed by atoms with van der Waals surface area (Å²) >= 11 is 5.12. The molecule has 0 unspecified atom stereocenters. The fourth-order valence-corrected chi connectivity index (χ4v) is 4.41. The fraction of sp³-hybridized carbons (Fsp3) is 0.125. The van der Waals surface area contributed by atoms with Crippen LogP contribution in [0.5, 0.6) is 0 Å². The molecule has 0 aromatic heterocycles. The minimum atomic E-state index is -0.826. The van der Waals surface area contributed by atoms with Gasteiger partial charge in [0.05, 0.1) is 0 Å². The maximum atomic E-state index is 5.94. The molecule has 0 aliphatic carbocycles. The third kappa shape index (κ3) is 8.16. The van der Waals surface area contributed by atoms with Crippen molar-refractivity contribution in [3.8, 4) is 11.1 Å². The molecule has 5 heteroatoms. The van der Waals surface area contributed by atoms with Gasteiger partial charge in [-0.1, -0.05) is 91.8 Å². The quantitative estimate of drug-likeness (QED) is 0.131. The number of aryl methyl sites for hydroxylation is 1.